The predicted molar refractivity (Wildman–Crippen MR) is 120 cm³/mol. The molecule has 4 heterocycles. The lowest BCUT2D eigenvalue weighted by atomic mass is 10.0. The molecule has 2 unspecified atom stereocenters. The molecule has 3 N–H and O–H groups in total. The van der Waals surface area contributed by atoms with Gasteiger partial charge in [-0.3, -0.25) is 4.68 Å². The van der Waals surface area contributed by atoms with Crippen LogP contribution < -0.4 is 5.32 Å². The summed E-state index contributed by atoms with van der Waals surface area (Å²) in [7, 11) is 0. The largest absolute Gasteiger partial charge is 0.390 e. The molecule has 1 fully saturated rings. The van der Waals surface area contributed by atoms with Gasteiger partial charge in [0.2, 0.25) is 0 Å². The number of hydrogen-bond donors (Lipinski definition) is 3. The summed E-state index contributed by atoms with van der Waals surface area (Å²) in [5.41, 5.74) is 4.16. The number of benzene rings is 1. The Hall–Kier alpha value is -3.00. The molecule has 0 radical (unpaired) electrons. The third-order valence-corrected chi connectivity index (χ3v) is 6.00. The molecule has 0 aliphatic carbocycles. The van der Waals surface area contributed by atoms with E-state index in [9.17, 15) is 9.50 Å². The first-order valence-corrected chi connectivity index (χ1v) is 10.5. The molecule has 1 saturated heterocycles. The van der Waals surface area contributed by atoms with Crippen LogP contribution in [-0.4, -0.2) is 44.0 Å². The minimum Gasteiger partial charge on any atom is -0.390 e. The predicted octanol–water partition coefficient (Wildman–Crippen LogP) is 4.28. The highest BCUT2D eigenvalue weighted by Gasteiger charge is 2.25. The third kappa shape index (κ3) is 3.99. The number of nitrogens with one attached hydrogen (secondary N) is 2. The van der Waals surface area contributed by atoms with E-state index in [0.717, 1.165) is 40.7 Å². The smallest absolute Gasteiger partial charge is 0.137 e. The molecule has 1 aromatic carbocycles. The van der Waals surface area contributed by atoms with E-state index in [1.165, 1.54) is 12.1 Å². The summed E-state index contributed by atoms with van der Waals surface area (Å²) in [6.45, 7) is 1.43. The van der Waals surface area contributed by atoms with E-state index >= 15 is 0 Å². The maximum Gasteiger partial charge on any atom is 0.137 e. The summed E-state index contributed by atoms with van der Waals surface area (Å²) < 4.78 is 15.4. The molecule has 0 bridgehead atoms. The Morgan fingerprint density at radius 2 is 2.03 bits per heavy atom. The Kier molecular flexibility index (Phi) is 5.31. The number of piperidine rings is 1. The number of halogens is 2. The van der Waals surface area contributed by atoms with Crippen LogP contribution >= 0.6 is 11.6 Å². The normalized spacial score (nSPS) is 19.5. The Morgan fingerprint density at radius 3 is 2.90 bits per heavy atom. The van der Waals surface area contributed by atoms with Gasteiger partial charge < -0.3 is 15.4 Å². The Bertz CT molecular complexity index is 1260. The second kappa shape index (κ2) is 8.26. The van der Waals surface area contributed by atoms with Crippen molar-refractivity contribution >= 4 is 34.8 Å². The van der Waals surface area contributed by atoms with Crippen molar-refractivity contribution < 1.29 is 9.50 Å². The molecule has 1 aliphatic heterocycles. The monoisotopic (exact) mass is 437 g/mol. The van der Waals surface area contributed by atoms with Gasteiger partial charge in [-0.1, -0.05) is 23.8 Å². The van der Waals surface area contributed by atoms with E-state index in [4.69, 9.17) is 11.6 Å². The molecule has 6 nitrogen and oxygen atoms in total. The summed E-state index contributed by atoms with van der Waals surface area (Å²) >= 11 is 6.17. The number of hydrogen-bond acceptors (Lipinski definition) is 4. The SMILES string of the molecule is OC1CNCCC1n1cc(-c2cnc3[nH]cc(/C=C/c4cc(F)ccc4Cl)c3c2)cn1. The maximum absolute atomic E-state index is 13.5. The van der Waals surface area contributed by atoms with Crippen LogP contribution in [0.1, 0.15) is 23.6 Å². The van der Waals surface area contributed by atoms with Crippen LogP contribution in [0.3, 0.4) is 0 Å². The molecule has 4 aromatic rings. The third-order valence-electron chi connectivity index (χ3n) is 5.65. The average molecular weight is 438 g/mol. The molecule has 31 heavy (non-hydrogen) atoms. The summed E-state index contributed by atoms with van der Waals surface area (Å²) in [5, 5.41) is 19.4. The van der Waals surface area contributed by atoms with Gasteiger partial charge in [-0.15, -0.1) is 0 Å². The zero-order valence-electron chi connectivity index (χ0n) is 16.6. The quantitative estimate of drug-likeness (QED) is 0.445. The summed E-state index contributed by atoms with van der Waals surface area (Å²) in [6, 6.07) is 6.30. The number of nitrogens with zero attached hydrogens (tertiary/aromatic N) is 3. The van der Waals surface area contributed by atoms with Crippen molar-refractivity contribution in [1.82, 2.24) is 25.1 Å². The van der Waals surface area contributed by atoms with Crippen LogP contribution in [0, 0.1) is 5.82 Å². The lowest BCUT2D eigenvalue weighted by Gasteiger charge is -2.28. The lowest BCUT2D eigenvalue weighted by Crippen LogP contribution is -2.41. The molecule has 2 atom stereocenters. The van der Waals surface area contributed by atoms with E-state index in [1.54, 1.807) is 24.5 Å². The average Bonchev–Trinajstić information content (AvgIpc) is 3.42. The number of aliphatic hydroxyl groups is 1. The minimum atomic E-state index is -0.460. The number of rotatable bonds is 4. The number of aromatic amines is 1. The van der Waals surface area contributed by atoms with Crippen molar-refractivity contribution in [3.63, 3.8) is 0 Å². The number of pyridine rings is 1. The van der Waals surface area contributed by atoms with Gasteiger partial charge in [0, 0.05) is 52.2 Å². The fourth-order valence-electron chi connectivity index (χ4n) is 3.95. The Labute approximate surface area is 183 Å². The first-order chi connectivity index (χ1) is 15.1. The number of aromatic nitrogens is 4. The van der Waals surface area contributed by atoms with Crippen LogP contribution in [0.4, 0.5) is 4.39 Å². The first-order valence-electron chi connectivity index (χ1n) is 10.1. The van der Waals surface area contributed by atoms with Gasteiger partial charge in [0.1, 0.15) is 11.5 Å². The van der Waals surface area contributed by atoms with Crippen molar-refractivity contribution in [2.24, 2.45) is 0 Å². The number of aliphatic hydroxyl groups excluding tert-OH is 1. The molecule has 3 aromatic heterocycles. The van der Waals surface area contributed by atoms with E-state index < -0.39 is 6.10 Å². The summed E-state index contributed by atoms with van der Waals surface area (Å²) in [6.07, 6.45) is 11.5. The first kappa shape index (κ1) is 19.9. The van der Waals surface area contributed by atoms with Gasteiger partial charge >= 0.3 is 0 Å². The molecule has 8 heteroatoms. The number of fused-ring (bicyclic) bond motifs is 1. The molecule has 0 saturated carbocycles. The Morgan fingerprint density at radius 1 is 1.16 bits per heavy atom. The zero-order chi connectivity index (χ0) is 21.4. The van der Waals surface area contributed by atoms with Crippen LogP contribution in [0.15, 0.2) is 49.1 Å². The van der Waals surface area contributed by atoms with Crippen molar-refractivity contribution in [1.29, 1.82) is 0 Å². The topological polar surface area (TPSA) is 78.8 Å². The zero-order valence-corrected chi connectivity index (χ0v) is 17.4. The summed E-state index contributed by atoms with van der Waals surface area (Å²) in [5.74, 6) is -0.331. The van der Waals surface area contributed by atoms with Gasteiger partial charge in [0.25, 0.3) is 0 Å². The highest BCUT2D eigenvalue weighted by molar-refractivity contribution is 6.32. The number of β-amino-alcohol motifs (C(OH)–C–C–N with tert-alkyl or cyclic N) is 1. The van der Waals surface area contributed by atoms with Crippen molar-refractivity contribution in [2.75, 3.05) is 13.1 Å². The Balaban J connectivity index is 1.45. The standard InChI is InChI=1S/C23H21ClFN5O/c24-20-4-3-18(25)7-14(20)1-2-15-9-27-23-19(15)8-16(10-28-23)17-11-29-30(13-17)21-5-6-26-12-22(21)31/h1-4,7-11,13,21-22,26,31H,5-6,12H2,(H,27,28)/b2-1+. The van der Waals surface area contributed by atoms with E-state index in [1.807, 2.05) is 29.2 Å². The fourth-order valence-corrected chi connectivity index (χ4v) is 4.13. The molecule has 1 aliphatic rings. The van der Waals surface area contributed by atoms with E-state index in [-0.39, 0.29) is 11.9 Å². The van der Waals surface area contributed by atoms with Crippen LogP contribution in [0.2, 0.25) is 5.02 Å². The van der Waals surface area contributed by atoms with Gasteiger partial charge in [-0.05, 0) is 42.8 Å². The van der Waals surface area contributed by atoms with Crippen molar-refractivity contribution in [3.05, 3.63) is 71.0 Å². The van der Waals surface area contributed by atoms with E-state index in [2.05, 4.69) is 20.4 Å². The van der Waals surface area contributed by atoms with Crippen LogP contribution in [0.5, 0.6) is 0 Å². The molecule has 5 rings (SSSR count). The fraction of sp³-hybridized carbons (Fsp3) is 0.217. The minimum absolute atomic E-state index is 0.0338. The highest BCUT2D eigenvalue weighted by Crippen LogP contribution is 2.28. The van der Waals surface area contributed by atoms with Gasteiger partial charge in [-0.25, -0.2) is 9.37 Å². The summed E-state index contributed by atoms with van der Waals surface area (Å²) in [4.78, 5) is 7.69. The van der Waals surface area contributed by atoms with Gasteiger partial charge in [0.15, 0.2) is 0 Å². The van der Waals surface area contributed by atoms with Crippen molar-refractivity contribution in [3.8, 4) is 11.1 Å². The molecular formula is C23H21ClFN5O. The number of H-pyrrole nitrogens is 1. The van der Waals surface area contributed by atoms with Crippen molar-refractivity contribution in [2.45, 2.75) is 18.6 Å². The maximum atomic E-state index is 13.5. The molecule has 0 amide bonds. The molecular weight excluding hydrogens is 417 g/mol. The highest BCUT2D eigenvalue weighted by atomic mass is 35.5. The second-order valence-electron chi connectivity index (χ2n) is 7.70. The molecule has 0 spiro atoms. The van der Waals surface area contributed by atoms with Crippen LogP contribution in [0.25, 0.3) is 34.3 Å². The second-order valence-corrected chi connectivity index (χ2v) is 8.11. The van der Waals surface area contributed by atoms with Gasteiger partial charge in [-0.2, -0.15) is 5.10 Å². The lowest BCUT2D eigenvalue weighted by molar-refractivity contribution is 0.0810. The van der Waals surface area contributed by atoms with Crippen LogP contribution in [-0.2, 0) is 0 Å². The van der Waals surface area contributed by atoms with E-state index in [0.29, 0.717) is 17.1 Å². The van der Waals surface area contributed by atoms with Gasteiger partial charge in [0.05, 0.1) is 18.3 Å². The molecule has 158 valence electrons.